The van der Waals surface area contributed by atoms with Crippen LogP contribution < -0.4 is 16.2 Å². The third-order valence-electron chi connectivity index (χ3n) is 7.73. The van der Waals surface area contributed by atoms with E-state index in [9.17, 15) is 8.42 Å². The predicted octanol–water partition coefficient (Wildman–Crippen LogP) is 6.54. The molecule has 5 N–H and O–H groups in total. The van der Waals surface area contributed by atoms with Gasteiger partial charge < -0.3 is 11.5 Å². The van der Waals surface area contributed by atoms with E-state index in [4.69, 9.17) is 23.1 Å². The van der Waals surface area contributed by atoms with Gasteiger partial charge in [0.25, 0.3) is 10.0 Å². The lowest BCUT2D eigenvalue weighted by atomic mass is 9.82. The van der Waals surface area contributed by atoms with E-state index in [1.807, 2.05) is 20.8 Å². The molecule has 2 aromatic carbocycles. The van der Waals surface area contributed by atoms with Crippen molar-refractivity contribution in [3.8, 4) is 11.3 Å². The number of hydrogen-bond donors (Lipinski definition) is 3. The normalized spacial score (nSPS) is 17.9. The Labute approximate surface area is 243 Å². The summed E-state index contributed by atoms with van der Waals surface area (Å²) < 4.78 is 61.2. The van der Waals surface area contributed by atoms with E-state index >= 15 is 8.78 Å². The van der Waals surface area contributed by atoms with Crippen LogP contribution in [0.25, 0.3) is 22.2 Å². The first kappa shape index (κ1) is 29.2. The fourth-order valence-corrected chi connectivity index (χ4v) is 7.10. The molecule has 0 unspecified atom stereocenters. The number of nitrogen functional groups attached to an aromatic ring is 1. The van der Waals surface area contributed by atoms with E-state index in [1.165, 1.54) is 12.1 Å². The second-order valence-corrected chi connectivity index (χ2v) is 12.9. The van der Waals surface area contributed by atoms with Crippen molar-refractivity contribution in [2.75, 3.05) is 10.5 Å². The number of aryl methyl sites for hydroxylation is 1. The second kappa shape index (κ2) is 11.2. The van der Waals surface area contributed by atoms with Crippen LogP contribution in [0.4, 0.5) is 20.3 Å². The molecule has 0 saturated heterocycles. The summed E-state index contributed by atoms with van der Waals surface area (Å²) in [5.74, 6) is -1.53. The Morgan fingerprint density at radius 3 is 2.49 bits per heavy atom. The summed E-state index contributed by atoms with van der Waals surface area (Å²) >= 11 is 6.13. The summed E-state index contributed by atoms with van der Waals surface area (Å²) in [6.45, 7) is 5.75. The molecular formula is C29H33ClF2N6O2S. The molecule has 12 heteroatoms. The van der Waals surface area contributed by atoms with Gasteiger partial charge >= 0.3 is 0 Å². The monoisotopic (exact) mass is 602 g/mol. The van der Waals surface area contributed by atoms with Crippen LogP contribution in [0, 0.1) is 11.6 Å². The number of rotatable bonds is 7. The van der Waals surface area contributed by atoms with Crippen LogP contribution in [-0.4, -0.2) is 29.2 Å². The first-order valence-electron chi connectivity index (χ1n) is 13.6. The lowest BCUT2D eigenvalue weighted by Gasteiger charge is -2.27. The first-order chi connectivity index (χ1) is 19.4. The zero-order valence-corrected chi connectivity index (χ0v) is 24.7. The minimum atomic E-state index is -4.31. The Bertz CT molecular complexity index is 1730. The molecule has 218 valence electrons. The van der Waals surface area contributed by atoms with E-state index in [-0.39, 0.29) is 45.0 Å². The molecule has 0 atom stereocenters. The van der Waals surface area contributed by atoms with Crippen LogP contribution >= 0.6 is 11.6 Å². The molecular weight excluding hydrogens is 570 g/mol. The highest BCUT2D eigenvalue weighted by Crippen LogP contribution is 2.42. The van der Waals surface area contributed by atoms with Crippen molar-refractivity contribution in [2.24, 2.45) is 5.73 Å². The molecule has 8 nitrogen and oxygen atoms in total. The Kier molecular flexibility index (Phi) is 7.97. The van der Waals surface area contributed by atoms with Crippen molar-refractivity contribution < 1.29 is 17.2 Å². The molecule has 2 aromatic heterocycles. The fraction of sp³-hybridized carbons (Fsp3) is 0.379. The van der Waals surface area contributed by atoms with Gasteiger partial charge in [-0.2, -0.15) is 5.10 Å². The van der Waals surface area contributed by atoms with Gasteiger partial charge in [0.1, 0.15) is 28.0 Å². The molecule has 0 aliphatic heterocycles. The Morgan fingerprint density at radius 1 is 1.12 bits per heavy atom. The number of nitrogens with zero attached hydrogens (tertiary/aromatic N) is 3. The SMILES string of the molecule is CCc1ccc(Cl)c(S(=O)(=O)Nc2cc(F)c(-c3nn(C(C)C)c4c3c(N)ncc4[C@H]3CC[C@H](N)CC3)cc2F)c1. The minimum absolute atomic E-state index is 0.0309. The average molecular weight is 603 g/mol. The van der Waals surface area contributed by atoms with Crippen LogP contribution in [-0.2, 0) is 16.4 Å². The number of aromatic nitrogens is 3. The molecule has 0 radical (unpaired) electrons. The topological polar surface area (TPSA) is 129 Å². The number of benzene rings is 2. The standard InChI is InChI=1S/C29H33ClF2N6O2S/c1-4-16-5-10-21(30)25(11-16)41(39,40)37-24-13-22(31)19(12-23(24)32)27-26-28(38(36-27)15(2)3)20(14-35-29(26)34)17-6-8-18(33)9-7-17/h5,10-15,17-18,37H,4,6-9,33H2,1-3H3,(H2,34,35)/t17-,18-. The van der Waals surface area contributed by atoms with Crippen molar-refractivity contribution in [2.45, 2.75) is 75.8 Å². The molecule has 1 aliphatic rings. The lowest BCUT2D eigenvalue weighted by molar-refractivity contribution is 0.395. The smallest absolute Gasteiger partial charge is 0.263 e. The molecule has 0 amide bonds. The van der Waals surface area contributed by atoms with Crippen LogP contribution in [0.3, 0.4) is 0 Å². The summed E-state index contributed by atoms with van der Waals surface area (Å²) in [5.41, 5.74) is 14.3. The van der Waals surface area contributed by atoms with Gasteiger partial charge in [0.05, 0.1) is 21.6 Å². The largest absolute Gasteiger partial charge is 0.383 e. The molecule has 0 bridgehead atoms. The highest BCUT2D eigenvalue weighted by Gasteiger charge is 2.29. The van der Waals surface area contributed by atoms with Crippen LogP contribution in [0.15, 0.2) is 41.4 Å². The summed E-state index contributed by atoms with van der Waals surface area (Å²) in [6, 6.07) is 6.34. The zero-order chi connectivity index (χ0) is 29.6. The maximum Gasteiger partial charge on any atom is 0.263 e. The van der Waals surface area contributed by atoms with E-state index in [0.29, 0.717) is 11.8 Å². The lowest BCUT2D eigenvalue weighted by Crippen LogP contribution is -2.26. The van der Waals surface area contributed by atoms with Gasteiger partial charge in [-0.25, -0.2) is 22.2 Å². The van der Waals surface area contributed by atoms with Gasteiger partial charge in [-0.15, -0.1) is 0 Å². The molecule has 0 spiro atoms. The minimum Gasteiger partial charge on any atom is -0.383 e. The van der Waals surface area contributed by atoms with Gasteiger partial charge in [0.15, 0.2) is 0 Å². The number of sulfonamides is 1. The van der Waals surface area contributed by atoms with Gasteiger partial charge in [-0.05, 0) is 81.2 Å². The molecule has 4 aromatic rings. The number of fused-ring (bicyclic) bond motifs is 1. The van der Waals surface area contributed by atoms with Crippen LogP contribution in [0.1, 0.15) is 69.5 Å². The zero-order valence-electron chi connectivity index (χ0n) is 23.1. The Morgan fingerprint density at radius 2 is 1.83 bits per heavy atom. The molecule has 1 aliphatic carbocycles. The third kappa shape index (κ3) is 5.50. The van der Waals surface area contributed by atoms with Gasteiger partial charge in [0.2, 0.25) is 0 Å². The fourth-order valence-electron chi connectivity index (χ4n) is 5.49. The Balaban J connectivity index is 1.60. The number of pyridine rings is 1. The van der Waals surface area contributed by atoms with Gasteiger partial charge in [-0.3, -0.25) is 9.40 Å². The molecule has 41 heavy (non-hydrogen) atoms. The summed E-state index contributed by atoms with van der Waals surface area (Å²) in [4.78, 5) is 4.18. The number of halogens is 3. The van der Waals surface area contributed by atoms with Crippen molar-refractivity contribution in [1.29, 1.82) is 0 Å². The number of nitrogens with one attached hydrogen (secondary N) is 1. The third-order valence-corrected chi connectivity index (χ3v) is 9.58. The van der Waals surface area contributed by atoms with Gasteiger partial charge in [-0.1, -0.05) is 24.6 Å². The van der Waals surface area contributed by atoms with Crippen molar-refractivity contribution >= 4 is 44.0 Å². The highest BCUT2D eigenvalue weighted by atomic mass is 35.5. The maximum atomic E-state index is 15.7. The average Bonchev–Trinajstić information content (AvgIpc) is 3.33. The molecule has 2 heterocycles. The van der Waals surface area contributed by atoms with E-state index in [2.05, 4.69) is 14.8 Å². The molecule has 5 rings (SSSR count). The van der Waals surface area contributed by atoms with Crippen molar-refractivity contribution in [3.63, 3.8) is 0 Å². The van der Waals surface area contributed by atoms with Crippen molar-refractivity contribution in [1.82, 2.24) is 14.8 Å². The quantitative estimate of drug-likeness (QED) is 0.220. The van der Waals surface area contributed by atoms with Crippen LogP contribution in [0.5, 0.6) is 0 Å². The maximum absolute atomic E-state index is 15.7. The van der Waals surface area contributed by atoms with E-state index in [1.54, 1.807) is 16.9 Å². The highest BCUT2D eigenvalue weighted by molar-refractivity contribution is 7.92. The predicted molar refractivity (Wildman–Crippen MR) is 159 cm³/mol. The number of hydrogen-bond acceptors (Lipinski definition) is 6. The molecule has 1 saturated carbocycles. The number of anilines is 2. The first-order valence-corrected chi connectivity index (χ1v) is 15.5. The summed E-state index contributed by atoms with van der Waals surface area (Å²) in [7, 11) is -4.31. The summed E-state index contributed by atoms with van der Waals surface area (Å²) in [5, 5.41) is 5.08. The Hall–Kier alpha value is -3.28. The van der Waals surface area contributed by atoms with Crippen molar-refractivity contribution in [3.05, 3.63) is 64.3 Å². The van der Waals surface area contributed by atoms with E-state index < -0.39 is 27.3 Å². The summed E-state index contributed by atoms with van der Waals surface area (Å²) in [6.07, 6.45) is 5.83. The number of nitrogens with two attached hydrogens (primary N) is 2. The van der Waals surface area contributed by atoms with Gasteiger partial charge in [0, 0.05) is 29.9 Å². The second-order valence-electron chi connectivity index (χ2n) is 10.9. The molecule has 1 fully saturated rings. The van der Waals surface area contributed by atoms with Crippen LogP contribution in [0.2, 0.25) is 5.02 Å². The van der Waals surface area contributed by atoms with E-state index in [0.717, 1.165) is 54.5 Å².